The summed E-state index contributed by atoms with van der Waals surface area (Å²) in [6.45, 7) is 2.09. The molecule has 1 amide bonds. The first kappa shape index (κ1) is 12.8. The van der Waals surface area contributed by atoms with Crippen LogP contribution in [-0.2, 0) is 4.79 Å². The fourth-order valence-electron chi connectivity index (χ4n) is 3.64. The second kappa shape index (κ2) is 4.81. The van der Waals surface area contributed by atoms with Gasteiger partial charge in [-0.1, -0.05) is 12.1 Å². The lowest BCUT2D eigenvalue weighted by Gasteiger charge is -2.23. The molecule has 2 fully saturated rings. The number of amides is 1. The monoisotopic (exact) mass is 281 g/mol. The van der Waals surface area contributed by atoms with Crippen LogP contribution in [0.2, 0.25) is 0 Å². The minimum absolute atomic E-state index is 0.174. The summed E-state index contributed by atoms with van der Waals surface area (Å²) in [6.07, 6.45) is 6.89. The zero-order chi connectivity index (χ0) is 14.3. The summed E-state index contributed by atoms with van der Waals surface area (Å²) in [4.78, 5) is 16.7. The number of nitrogens with one attached hydrogen (secondary N) is 2. The Morgan fingerprint density at radius 3 is 3.00 bits per heavy atom. The molecule has 1 saturated heterocycles. The molecule has 0 radical (unpaired) electrons. The highest BCUT2D eigenvalue weighted by molar-refractivity contribution is 6.03. The first-order valence-corrected chi connectivity index (χ1v) is 7.63. The Bertz CT molecular complexity index is 686. The molecule has 0 bridgehead atoms. The number of piperidine rings is 1. The Hall–Kier alpha value is -1.94. The smallest absolute Gasteiger partial charge is 0.228 e. The molecule has 4 rings (SSSR count). The van der Waals surface area contributed by atoms with Crippen LogP contribution in [0.1, 0.15) is 19.3 Å². The predicted octanol–water partition coefficient (Wildman–Crippen LogP) is 2.56. The molecule has 108 valence electrons. The van der Waals surface area contributed by atoms with E-state index in [0.29, 0.717) is 0 Å². The molecule has 2 heterocycles. The van der Waals surface area contributed by atoms with E-state index >= 15 is 0 Å². The van der Waals surface area contributed by atoms with Gasteiger partial charge in [-0.25, -0.2) is 0 Å². The lowest BCUT2D eigenvalue weighted by atomic mass is 9.91. The number of pyridine rings is 1. The van der Waals surface area contributed by atoms with E-state index in [1.54, 1.807) is 6.20 Å². The molecule has 2 aliphatic rings. The standard InChI is InChI=1S/C17H19N3O/c21-16(14-10-17(14)5-8-18-9-6-17)20-15-3-1-2-12-4-7-19-11-13(12)15/h1-4,7,11,14,18H,5-6,8-10H2,(H,20,21). The highest BCUT2D eigenvalue weighted by atomic mass is 16.2. The van der Waals surface area contributed by atoms with E-state index in [1.165, 1.54) is 0 Å². The lowest BCUT2D eigenvalue weighted by molar-refractivity contribution is -0.118. The Kier molecular flexibility index (Phi) is 2.93. The van der Waals surface area contributed by atoms with Crippen LogP contribution in [0.25, 0.3) is 10.8 Å². The van der Waals surface area contributed by atoms with Gasteiger partial charge in [0, 0.05) is 23.7 Å². The average Bonchev–Trinajstić information content (AvgIpc) is 3.22. The van der Waals surface area contributed by atoms with Crippen molar-refractivity contribution in [2.45, 2.75) is 19.3 Å². The maximum Gasteiger partial charge on any atom is 0.228 e. The van der Waals surface area contributed by atoms with Crippen molar-refractivity contribution in [2.24, 2.45) is 11.3 Å². The molecule has 4 heteroatoms. The third kappa shape index (κ3) is 2.20. The number of hydrogen-bond donors (Lipinski definition) is 2. The van der Waals surface area contributed by atoms with Crippen LogP contribution in [0.3, 0.4) is 0 Å². The molecule has 1 aliphatic carbocycles. The van der Waals surface area contributed by atoms with Crippen molar-refractivity contribution in [3.63, 3.8) is 0 Å². The highest BCUT2D eigenvalue weighted by Gasteiger charge is 2.57. The molecule has 1 saturated carbocycles. The first-order chi connectivity index (χ1) is 10.3. The number of carbonyl (C=O) groups excluding carboxylic acids is 1. The molecule has 2 N–H and O–H groups in total. The topological polar surface area (TPSA) is 54.0 Å². The van der Waals surface area contributed by atoms with Gasteiger partial charge in [-0.2, -0.15) is 0 Å². The summed E-state index contributed by atoms with van der Waals surface area (Å²) >= 11 is 0. The normalized spacial score (nSPS) is 23.1. The summed E-state index contributed by atoms with van der Waals surface area (Å²) in [5.74, 6) is 0.361. The predicted molar refractivity (Wildman–Crippen MR) is 83.0 cm³/mol. The summed E-state index contributed by atoms with van der Waals surface area (Å²) in [6, 6.07) is 7.94. The molecule has 21 heavy (non-hydrogen) atoms. The second-order valence-corrected chi connectivity index (χ2v) is 6.26. The fourth-order valence-corrected chi connectivity index (χ4v) is 3.64. The van der Waals surface area contributed by atoms with E-state index in [-0.39, 0.29) is 17.2 Å². The van der Waals surface area contributed by atoms with Gasteiger partial charge in [0.05, 0.1) is 5.69 Å². The van der Waals surface area contributed by atoms with Crippen molar-refractivity contribution < 1.29 is 4.79 Å². The van der Waals surface area contributed by atoms with Crippen LogP contribution >= 0.6 is 0 Å². The average molecular weight is 281 g/mol. The van der Waals surface area contributed by atoms with Crippen LogP contribution in [0.15, 0.2) is 36.7 Å². The van der Waals surface area contributed by atoms with Gasteiger partial charge in [0.1, 0.15) is 0 Å². The van der Waals surface area contributed by atoms with Crippen molar-refractivity contribution in [2.75, 3.05) is 18.4 Å². The number of benzene rings is 1. The number of rotatable bonds is 2. The van der Waals surface area contributed by atoms with Gasteiger partial charge in [0.2, 0.25) is 5.91 Å². The Labute approximate surface area is 124 Å². The van der Waals surface area contributed by atoms with E-state index in [0.717, 1.165) is 48.8 Å². The number of carbonyl (C=O) groups is 1. The molecule has 1 unspecified atom stereocenters. The van der Waals surface area contributed by atoms with Crippen molar-refractivity contribution >= 4 is 22.4 Å². The largest absolute Gasteiger partial charge is 0.325 e. The summed E-state index contributed by atoms with van der Waals surface area (Å²) in [5.41, 5.74) is 1.15. The minimum Gasteiger partial charge on any atom is -0.325 e. The van der Waals surface area contributed by atoms with E-state index in [2.05, 4.69) is 15.6 Å². The zero-order valence-electron chi connectivity index (χ0n) is 11.9. The third-order valence-corrected chi connectivity index (χ3v) is 5.05. The molecule has 1 atom stereocenters. The molecule has 1 spiro atoms. The fraction of sp³-hybridized carbons (Fsp3) is 0.412. The van der Waals surface area contributed by atoms with Gasteiger partial charge < -0.3 is 10.6 Å². The maximum absolute atomic E-state index is 12.5. The number of hydrogen-bond acceptors (Lipinski definition) is 3. The molecular formula is C17H19N3O. The number of fused-ring (bicyclic) bond motifs is 1. The van der Waals surface area contributed by atoms with Gasteiger partial charge in [-0.05, 0) is 55.3 Å². The van der Waals surface area contributed by atoms with Crippen LogP contribution in [0.4, 0.5) is 5.69 Å². The SMILES string of the molecule is O=C(Nc1cccc2ccncc12)C1CC12CCNCC2. The molecule has 1 aromatic heterocycles. The van der Waals surface area contributed by atoms with Gasteiger partial charge in [0.25, 0.3) is 0 Å². The number of nitrogens with zero attached hydrogens (tertiary/aromatic N) is 1. The molecular weight excluding hydrogens is 262 g/mol. The van der Waals surface area contributed by atoms with Crippen molar-refractivity contribution in [1.29, 1.82) is 0 Å². The number of anilines is 1. The molecule has 2 aromatic rings. The highest BCUT2D eigenvalue weighted by Crippen LogP contribution is 2.58. The van der Waals surface area contributed by atoms with Crippen LogP contribution in [0.5, 0.6) is 0 Å². The van der Waals surface area contributed by atoms with E-state index in [9.17, 15) is 4.79 Å². The summed E-state index contributed by atoms with van der Waals surface area (Å²) in [7, 11) is 0. The third-order valence-electron chi connectivity index (χ3n) is 5.05. The van der Waals surface area contributed by atoms with Gasteiger partial charge in [0.15, 0.2) is 0 Å². The molecule has 4 nitrogen and oxygen atoms in total. The van der Waals surface area contributed by atoms with E-state index < -0.39 is 0 Å². The Morgan fingerprint density at radius 2 is 2.14 bits per heavy atom. The van der Waals surface area contributed by atoms with Crippen LogP contribution in [-0.4, -0.2) is 24.0 Å². The quantitative estimate of drug-likeness (QED) is 0.889. The number of aromatic nitrogens is 1. The Balaban J connectivity index is 1.54. The van der Waals surface area contributed by atoms with Gasteiger partial charge >= 0.3 is 0 Å². The van der Waals surface area contributed by atoms with E-state index in [4.69, 9.17) is 0 Å². The van der Waals surface area contributed by atoms with Crippen molar-refractivity contribution in [1.82, 2.24) is 10.3 Å². The van der Waals surface area contributed by atoms with Gasteiger partial charge in [-0.15, -0.1) is 0 Å². The van der Waals surface area contributed by atoms with Gasteiger partial charge in [-0.3, -0.25) is 9.78 Å². The first-order valence-electron chi connectivity index (χ1n) is 7.63. The van der Waals surface area contributed by atoms with Crippen LogP contribution in [0, 0.1) is 11.3 Å². The summed E-state index contributed by atoms with van der Waals surface area (Å²) < 4.78 is 0. The summed E-state index contributed by atoms with van der Waals surface area (Å²) in [5, 5.41) is 8.61. The second-order valence-electron chi connectivity index (χ2n) is 6.26. The van der Waals surface area contributed by atoms with E-state index in [1.807, 2.05) is 30.5 Å². The Morgan fingerprint density at radius 1 is 1.29 bits per heavy atom. The van der Waals surface area contributed by atoms with Crippen LogP contribution < -0.4 is 10.6 Å². The zero-order valence-corrected chi connectivity index (χ0v) is 11.9. The molecule has 1 aromatic carbocycles. The lowest BCUT2D eigenvalue weighted by Crippen LogP contribution is -2.31. The molecule has 1 aliphatic heterocycles. The minimum atomic E-state index is 0.174. The maximum atomic E-state index is 12.5. The van der Waals surface area contributed by atoms with Crippen molar-refractivity contribution in [3.8, 4) is 0 Å². The van der Waals surface area contributed by atoms with Crippen molar-refractivity contribution in [3.05, 3.63) is 36.7 Å².